The van der Waals surface area contributed by atoms with E-state index in [9.17, 15) is 4.79 Å². The lowest BCUT2D eigenvalue weighted by atomic mass is 10.1. The van der Waals surface area contributed by atoms with Gasteiger partial charge in [-0.25, -0.2) is 9.97 Å². The van der Waals surface area contributed by atoms with Crippen LogP contribution in [0.4, 0.5) is 11.5 Å². The van der Waals surface area contributed by atoms with E-state index < -0.39 is 0 Å². The summed E-state index contributed by atoms with van der Waals surface area (Å²) in [6.45, 7) is 6.73. The van der Waals surface area contributed by atoms with Gasteiger partial charge in [-0.3, -0.25) is 4.79 Å². The van der Waals surface area contributed by atoms with Gasteiger partial charge in [0.2, 0.25) is 0 Å². The summed E-state index contributed by atoms with van der Waals surface area (Å²) in [4.78, 5) is 20.9. The smallest absolute Gasteiger partial charge is 0.270 e. The van der Waals surface area contributed by atoms with Crippen LogP contribution in [0.3, 0.4) is 0 Å². The molecule has 0 saturated carbocycles. The van der Waals surface area contributed by atoms with Crippen LogP contribution in [0.2, 0.25) is 0 Å². The Morgan fingerprint density at radius 3 is 2.67 bits per heavy atom. The first kappa shape index (κ1) is 17.9. The first-order valence-electron chi connectivity index (χ1n) is 8.62. The summed E-state index contributed by atoms with van der Waals surface area (Å²) in [7, 11) is 0. The van der Waals surface area contributed by atoms with E-state index in [1.807, 2.05) is 18.2 Å². The fraction of sp³-hybridized carbons (Fsp3) is 0.421. The minimum absolute atomic E-state index is 0.150. The zero-order valence-electron chi connectivity index (χ0n) is 14.7. The highest BCUT2D eigenvalue weighted by molar-refractivity contribution is 5.93. The number of hydrogen-bond acceptors (Lipinski definition) is 4. The number of anilines is 2. The highest BCUT2D eigenvalue weighted by atomic mass is 16.1. The Labute approximate surface area is 143 Å². The topological polar surface area (TPSA) is 66.9 Å². The highest BCUT2D eigenvalue weighted by Crippen LogP contribution is 2.20. The number of unbranched alkanes of at least 4 members (excludes halogenated alkanes) is 2. The van der Waals surface area contributed by atoms with Gasteiger partial charge in [0.1, 0.15) is 17.3 Å². The highest BCUT2D eigenvalue weighted by Gasteiger charge is 2.11. The number of benzene rings is 1. The summed E-state index contributed by atoms with van der Waals surface area (Å²) in [5.41, 5.74) is 2.61. The van der Waals surface area contributed by atoms with Crippen molar-refractivity contribution in [2.75, 3.05) is 11.9 Å². The van der Waals surface area contributed by atoms with E-state index in [1.165, 1.54) is 5.56 Å². The fourth-order valence-corrected chi connectivity index (χ4v) is 2.50. The van der Waals surface area contributed by atoms with Crippen LogP contribution in [-0.4, -0.2) is 22.4 Å². The van der Waals surface area contributed by atoms with Gasteiger partial charge in [0, 0.05) is 18.3 Å². The van der Waals surface area contributed by atoms with Crippen molar-refractivity contribution in [3.8, 4) is 0 Å². The second kappa shape index (κ2) is 9.01. The third-order valence-electron chi connectivity index (χ3n) is 3.80. The van der Waals surface area contributed by atoms with E-state index in [4.69, 9.17) is 0 Å². The average molecular weight is 326 g/mol. The molecule has 0 fully saturated rings. The zero-order chi connectivity index (χ0) is 17.4. The predicted molar refractivity (Wildman–Crippen MR) is 97.7 cm³/mol. The molecule has 2 N–H and O–H groups in total. The van der Waals surface area contributed by atoms with E-state index in [0.717, 1.165) is 31.4 Å². The molecule has 0 aliphatic heterocycles. The molecule has 1 heterocycles. The summed E-state index contributed by atoms with van der Waals surface area (Å²) in [5, 5.41) is 6.22. The van der Waals surface area contributed by atoms with Gasteiger partial charge in [0.15, 0.2) is 0 Å². The first-order chi connectivity index (χ1) is 11.6. The normalized spacial score (nSPS) is 10.5. The third kappa shape index (κ3) is 5.05. The van der Waals surface area contributed by atoms with E-state index in [-0.39, 0.29) is 5.91 Å². The van der Waals surface area contributed by atoms with Gasteiger partial charge in [-0.05, 0) is 31.4 Å². The maximum atomic E-state index is 12.3. The van der Waals surface area contributed by atoms with Gasteiger partial charge >= 0.3 is 0 Å². The second-order valence-corrected chi connectivity index (χ2v) is 5.78. The molecule has 0 saturated heterocycles. The summed E-state index contributed by atoms with van der Waals surface area (Å²) in [5.74, 6) is 1.07. The Kier molecular flexibility index (Phi) is 6.73. The number of rotatable bonds is 8. The molecule has 0 atom stereocenters. The van der Waals surface area contributed by atoms with Crippen molar-refractivity contribution in [3.63, 3.8) is 0 Å². The van der Waals surface area contributed by atoms with Crippen molar-refractivity contribution >= 4 is 17.4 Å². The van der Waals surface area contributed by atoms with Gasteiger partial charge in [-0.2, -0.15) is 0 Å². The first-order valence-corrected chi connectivity index (χ1v) is 8.62. The zero-order valence-corrected chi connectivity index (χ0v) is 14.7. The molecule has 0 unspecified atom stereocenters. The van der Waals surface area contributed by atoms with Crippen LogP contribution in [0.15, 0.2) is 30.3 Å². The third-order valence-corrected chi connectivity index (χ3v) is 3.80. The lowest BCUT2D eigenvalue weighted by Gasteiger charge is -2.12. The molecule has 0 aliphatic carbocycles. The van der Waals surface area contributed by atoms with E-state index in [1.54, 1.807) is 13.0 Å². The minimum Gasteiger partial charge on any atom is -0.351 e. The molecular formula is C19H26N4O. The van der Waals surface area contributed by atoms with Crippen molar-refractivity contribution in [2.24, 2.45) is 0 Å². The van der Waals surface area contributed by atoms with Gasteiger partial charge < -0.3 is 10.6 Å². The number of hydrogen-bond donors (Lipinski definition) is 2. The van der Waals surface area contributed by atoms with Crippen molar-refractivity contribution in [2.45, 2.75) is 46.5 Å². The van der Waals surface area contributed by atoms with Crippen LogP contribution in [0.1, 0.15) is 55.0 Å². The van der Waals surface area contributed by atoms with Gasteiger partial charge in [0.05, 0.1) is 0 Å². The van der Waals surface area contributed by atoms with E-state index >= 15 is 0 Å². The SMILES string of the molecule is CCCCCNC(=O)c1cc(Nc2ccccc2CC)nc(C)n1. The molecule has 5 nitrogen and oxygen atoms in total. The van der Waals surface area contributed by atoms with Crippen LogP contribution >= 0.6 is 0 Å². The molecule has 2 aromatic rings. The molecule has 5 heteroatoms. The molecule has 0 aliphatic rings. The van der Waals surface area contributed by atoms with Crippen molar-refractivity contribution < 1.29 is 4.79 Å². The molecule has 128 valence electrons. The number of nitrogens with one attached hydrogen (secondary N) is 2. The minimum atomic E-state index is -0.150. The Morgan fingerprint density at radius 1 is 1.12 bits per heavy atom. The number of para-hydroxylation sites is 1. The lowest BCUT2D eigenvalue weighted by Crippen LogP contribution is -2.25. The number of aromatic nitrogens is 2. The van der Waals surface area contributed by atoms with Gasteiger partial charge in [-0.15, -0.1) is 0 Å². The van der Waals surface area contributed by atoms with Crippen LogP contribution in [0.25, 0.3) is 0 Å². The Hall–Kier alpha value is -2.43. The van der Waals surface area contributed by atoms with Crippen LogP contribution in [-0.2, 0) is 6.42 Å². The van der Waals surface area contributed by atoms with Crippen LogP contribution in [0, 0.1) is 6.92 Å². The molecule has 0 radical (unpaired) electrons. The fourth-order valence-electron chi connectivity index (χ4n) is 2.50. The van der Waals surface area contributed by atoms with Crippen LogP contribution < -0.4 is 10.6 Å². The monoisotopic (exact) mass is 326 g/mol. The molecule has 0 bridgehead atoms. The van der Waals surface area contributed by atoms with Crippen molar-refractivity contribution in [1.82, 2.24) is 15.3 Å². The number of aryl methyl sites for hydroxylation is 2. The largest absolute Gasteiger partial charge is 0.351 e. The lowest BCUT2D eigenvalue weighted by molar-refractivity contribution is 0.0947. The Balaban J connectivity index is 2.12. The van der Waals surface area contributed by atoms with Crippen molar-refractivity contribution in [1.29, 1.82) is 0 Å². The molecular weight excluding hydrogens is 300 g/mol. The van der Waals surface area contributed by atoms with E-state index in [0.29, 0.717) is 23.9 Å². The van der Waals surface area contributed by atoms with Crippen molar-refractivity contribution in [3.05, 3.63) is 47.4 Å². The predicted octanol–water partition coefficient (Wildman–Crippen LogP) is 4.01. The quantitative estimate of drug-likeness (QED) is 0.719. The molecule has 24 heavy (non-hydrogen) atoms. The maximum absolute atomic E-state index is 12.3. The van der Waals surface area contributed by atoms with E-state index in [2.05, 4.69) is 40.5 Å². The Bertz CT molecular complexity index is 685. The molecule has 1 aromatic carbocycles. The molecule has 1 amide bonds. The number of carbonyl (C=O) groups is 1. The summed E-state index contributed by atoms with van der Waals surface area (Å²) < 4.78 is 0. The standard InChI is InChI=1S/C19H26N4O/c1-4-6-9-12-20-19(24)17-13-18(22-14(3)21-17)23-16-11-8-7-10-15(16)5-2/h7-8,10-11,13H,4-6,9,12H2,1-3H3,(H,20,24)(H,21,22,23). The van der Waals surface area contributed by atoms with Gasteiger partial charge in [0.25, 0.3) is 5.91 Å². The number of nitrogens with zero attached hydrogens (tertiary/aromatic N) is 2. The molecule has 2 rings (SSSR count). The van der Waals surface area contributed by atoms with Crippen LogP contribution in [0.5, 0.6) is 0 Å². The summed E-state index contributed by atoms with van der Waals surface area (Å²) in [6.07, 6.45) is 4.16. The summed E-state index contributed by atoms with van der Waals surface area (Å²) in [6, 6.07) is 9.80. The summed E-state index contributed by atoms with van der Waals surface area (Å²) >= 11 is 0. The van der Waals surface area contributed by atoms with Gasteiger partial charge in [-0.1, -0.05) is 44.9 Å². The number of amides is 1. The Morgan fingerprint density at radius 2 is 1.92 bits per heavy atom. The second-order valence-electron chi connectivity index (χ2n) is 5.78. The average Bonchev–Trinajstić information content (AvgIpc) is 2.58. The maximum Gasteiger partial charge on any atom is 0.270 e. The molecule has 0 spiro atoms. The number of carbonyl (C=O) groups excluding carboxylic acids is 1. The molecule has 1 aromatic heterocycles.